The van der Waals surface area contributed by atoms with E-state index in [4.69, 9.17) is 9.47 Å². The van der Waals surface area contributed by atoms with E-state index in [2.05, 4.69) is 0 Å². The second kappa shape index (κ2) is 8.35. The summed E-state index contributed by atoms with van der Waals surface area (Å²) in [4.78, 5) is 27.5. The molecule has 0 aliphatic carbocycles. The third-order valence-corrected chi connectivity index (χ3v) is 4.77. The van der Waals surface area contributed by atoms with E-state index in [1.807, 2.05) is 63.2 Å². The molecule has 29 heavy (non-hydrogen) atoms. The highest BCUT2D eigenvalue weighted by atomic mass is 16.5. The number of ether oxygens (including phenoxy) is 2. The van der Waals surface area contributed by atoms with Gasteiger partial charge in [0.05, 0.1) is 24.9 Å². The second-order valence-electron chi connectivity index (χ2n) is 6.97. The van der Waals surface area contributed by atoms with Gasteiger partial charge in [-0.2, -0.15) is 0 Å². The van der Waals surface area contributed by atoms with Crippen LogP contribution in [0.5, 0.6) is 5.75 Å². The van der Waals surface area contributed by atoms with Crippen molar-refractivity contribution in [3.8, 4) is 5.75 Å². The quantitative estimate of drug-likeness (QED) is 0.553. The lowest BCUT2D eigenvalue weighted by Gasteiger charge is -2.19. The summed E-state index contributed by atoms with van der Waals surface area (Å²) in [6.45, 7) is 8.12. The standard InChI is InChI=1S/C24H25NO4/c1-6-29-21-10-8-7-9-18(21)14-20-22(24(27)28-5)17(4)25(23(20)26)19-12-15(2)11-16(3)13-19/h7-14H,6H2,1-5H3/b20-14-. The molecule has 1 heterocycles. The number of benzene rings is 2. The monoisotopic (exact) mass is 391 g/mol. The van der Waals surface area contributed by atoms with Gasteiger partial charge in [-0.3, -0.25) is 9.69 Å². The largest absolute Gasteiger partial charge is 0.493 e. The van der Waals surface area contributed by atoms with E-state index < -0.39 is 5.97 Å². The van der Waals surface area contributed by atoms with Crippen LogP contribution < -0.4 is 9.64 Å². The molecule has 1 aliphatic heterocycles. The van der Waals surface area contributed by atoms with Crippen molar-refractivity contribution in [2.45, 2.75) is 27.7 Å². The molecule has 0 spiro atoms. The second-order valence-corrected chi connectivity index (χ2v) is 6.97. The number of carbonyl (C=O) groups is 2. The van der Waals surface area contributed by atoms with E-state index in [9.17, 15) is 9.59 Å². The molecule has 0 fully saturated rings. The van der Waals surface area contributed by atoms with Crippen LogP contribution in [0.15, 0.2) is 59.3 Å². The minimum atomic E-state index is -0.539. The fourth-order valence-corrected chi connectivity index (χ4v) is 3.61. The van der Waals surface area contributed by atoms with Crippen LogP contribution >= 0.6 is 0 Å². The third-order valence-electron chi connectivity index (χ3n) is 4.77. The fraction of sp³-hybridized carbons (Fsp3) is 0.250. The molecule has 3 rings (SSSR count). The predicted octanol–water partition coefficient (Wildman–Crippen LogP) is 4.58. The lowest BCUT2D eigenvalue weighted by Crippen LogP contribution is -2.24. The van der Waals surface area contributed by atoms with Gasteiger partial charge < -0.3 is 9.47 Å². The van der Waals surface area contributed by atoms with Gasteiger partial charge in [0, 0.05) is 16.9 Å². The zero-order valence-electron chi connectivity index (χ0n) is 17.4. The summed E-state index contributed by atoms with van der Waals surface area (Å²) >= 11 is 0. The number of nitrogens with zero attached hydrogens (tertiary/aromatic N) is 1. The normalized spacial score (nSPS) is 15.3. The van der Waals surface area contributed by atoms with Gasteiger partial charge >= 0.3 is 5.97 Å². The molecule has 0 aromatic heterocycles. The van der Waals surface area contributed by atoms with E-state index in [0.717, 1.165) is 22.4 Å². The first-order valence-electron chi connectivity index (χ1n) is 9.53. The Morgan fingerprint density at radius 1 is 1.07 bits per heavy atom. The highest BCUT2D eigenvalue weighted by Gasteiger charge is 2.38. The number of rotatable bonds is 5. The van der Waals surface area contributed by atoms with Crippen molar-refractivity contribution < 1.29 is 19.1 Å². The molecule has 2 aromatic rings. The van der Waals surface area contributed by atoms with Crippen molar-refractivity contribution in [2.24, 2.45) is 0 Å². The molecule has 1 amide bonds. The summed E-state index contributed by atoms with van der Waals surface area (Å²) in [7, 11) is 1.32. The maximum atomic E-state index is 13.4. The van der Waals surface area contributed by atoms with Gasteiger partial charge in [0.25, 0.3) is 5.91 Å². The average molecular weight is 391 g/mol. The van der Waals surface area contributed by atoms with Crippen LogP contribution in [-0.4, -0.2) is 25.6 Å². The van der Waals surface area contributed by atoms with Crippen LogP contribution in [0, 0.1) is 13.8 Å². The number of esters is 1. The molecule has 0 saturated carbocycles. The molecule has 0 radical (unpaired) electrons. The van der Waals surface area contributed by atoms with Gasteiger partial charge in [0.1, 0.15) is 5.75 Å². The van der Waals surface area contributed by atoms with Crippen LogP contribution in [-0.2, 0) is 14.3 Å². The molecule has 0 N–H and O–H groups in total. The first kappa shape index (κ1) is 20.4. The Bertz CT molecular complexity index is 1010. The summed E-state index contributed by atoms with van der Waals surface area (Å²) in [6, 6.07) is 13.3. The smallest absolute Gasteiger partial charge is 0.340 e. The number of methoxy groups -OCH3 is 1. The minimum absolute atomic E-state index is 0.265. The van der Waals surface area contributed by atoms with E-state index in [1.165, 1.54) is 7.11 Å². The van der Waals surface area contributed by atoms with Crippen molar-refractivity contribution in [1.82, 2.24) is 0 Å². The molecular weight excluding hydrogens is 366 g/mol. The maximum absolute atomic E-state index is 13.4. The number of aryl methyl sites for hydroxylation is 2. The van der Waals surface area contributed by atoms with Crippen molar-refractivity contribution in [1.29, 1.82) is 0 Å². The third kappa shape index (κ3) is 3.94. The SMILES string of the molecule is CCOc1ccccc1/C=C1\C(=O)N(c2cc(C)cc(C)c2)C(C)=C1C(=O)OC. The average Bonchev–Trinajstić information content (AvgIpc) is 2.92. The molecule has 5 nitrogen and oxygen atoms in total. The molecule has 5 heteroatoms. The van der Waals surface area contributed by atoms with Gasteiger partial charge in [-0.25, -0.2) is 4.79 Å². The van der Waals surface area contributed by atoms with Crippen molar-refractivity contribution in [3.05, 3.63) is 76.0 Å². The minimum Gasteiger partial charge on any atom is -0.493 e. The Hall–Kier alpha value is -3.34. The molecule has 0 atom stereocenters. The topological polar surface area (TPSA) is 55.8 Å². The van der Waals surface area contributed by atoms with Crippen molar-refractivity contribution >= 4 is 23.6 Å². The number of para-hydroxylation sites is 1. The lowest BCUT2D eigenvalue weighted by molar-refractivity contribution is -0.136. The number of hydrogen-bond acceptors (Lipinski definition) is 4. The van der Waals surface area contributed by atoms with E-state index in [0.29, 0.717) is 23.6 Å². The zero-order chi connectivity index (χ0) is 21.1. The lowest BCUT2D eigenvalue weighted by atomic mass is 10.0. The summed E-state index contributed by atoms with van der Waals surface area (Å²) in [5, 5.41) is 0. The highest BCUT2D eigenvalue weighted by Crippen LogP contribution is 2.37. The Balaban J connectivity index is 2.17. The van der Waals surface area contributed by atoms with Gasteiger partial charge in [-0.1, -0.05) is 24.3 Å². The molecule has 0 bridgehead atoms. The van der Waals surface area contributed by atoms with Crippen LogP contribution in [0.25, 0.3) is 6.08 Å². The Kier molecular flexibility index (Phi) is 5.87. The van der Waals surface area contributed by atoms with Gasteiger partial charge in [0.2, 0.25) is 0 Å². The molecular formula is C24H25NO4. The fourth-order valence-electron chi connectivity index (χ4n) is 3.61. The summed E-state index contributed by atoms with van der Waals surface area (Å²) in [6.07, 6.45) is 1.70. The summed E-state index contributed by atoms with van der Waals surface area (Å²) in [5.74, 6) is -0.149. The summed E-state index contributed by atoms with van der Waals surface area (Å²) in [5.41, 5.74) is 4.65. The van der Waals surface area contributed by atoms with Gasteiger partial charge in [0.15, 0.2) is 0 Å². The van der Waals surface area contributed by atoms with Crippen molar-refractivity contribution in [2.75, 3.05) is 18.6 Å². The first-order chi connectivity index (χ1) is 13.9. The van der Waals surface area contributed by atoms with Gasteiger partial charge in [-0.05, 0) is 63.1 Å². The van der Waals surface area contributed by atoms with E-state index in [1.54, 1.807) is 17.9 Å². The summed E-state index contributed by atoms with van der Waals surface area (Å²) < 4.78 is 10.7. The number of allylic oxidation sites excluding steroid dienone is 1. The zero-order valence-corrected chi connectivity index (χ0v) is 17.4. The molecule has 0 unspecified atom stereocenters. The maximum Gasteiger partial charge on any atom is 0.340 e. The number of hydrogen-bond donors (Lipinski definition) is 0. The Labute approximate surface area is 171 Å². The number of anilines is 1. The van der Waals surface area contributed by atoms with Crippen LogP contribution in [0.1, 0.15) is 30.5 Å². The van der Waals surface area contributed by atoms with Crippen LogP contribution in [0.3, 0.4) is 0 Å². The van der Waals surface area contributed by atoms with Crippen molar-refractivity contribution in [3.63, 3.8) is 0 Å². The Morgan fingerprint density at radius 3 is 2.34 bits per heavy atom. The molecule has 1 aliphatic rings. The molecule has 150 valence electrons. The molecule has 2 aromatic carbocycles. The van der Waals surface area contributed by atoms with Crippen LogP contribution in [0.4, 0.5) is 5.69 Å². The van der Waals surface area contributed by atoms with E-state index in [-0.39, 0.29) is 11.5 Å². The molecule has 0 saturated heterocycles. The highest BCUT2D eigenvalue weighted by molar-refractivity contribution is 6.24. The number of amides is 1. The Morgan fingerprint density at radius 2 is 1.72 bits per heavy atom. The van der Waals surface area contributed by atoms with E-state index >= 15 is 0 Å². The first-order valence-corrected chi connectivity index (χ1v) is 9.53. The predicted molar refractivity (Wildman–Crippen MR) is 114 cm³/mol. The van der Waals surface area contributed by atoms with Gasteiger partial charge in [-0.15, -0.1) is 0 Å². The van der Waals surface area contributed by atoms with Crippen LogP contribution in [0.2, 0.25) is 0 Å². The number of carbonyl (C=O) groups excluding carboxylic acids is 2.